The van der Waals surface area contributed by atoms with E-state index in [0.29, 0.717) is 12.4 Å². The molecule has 2 aliphatic rings. The van der Waals surface area contributed by atoms with Crippen molar-refractivity contribution < 1.29 is 12.8 Å². The summed E-state index contributed by atoms with van der Waals surface area (Å²) < 4.78 is 36.3. The van der Waals surface area contributed by atoms with Crippen LogP contribution in [0.4, 0.5) is 21.8 Å². The number of nitrogens with zero attached hydrogens (tertiary/aromatic N) is 4. The molecule has 9 heteroatoms. The summed E-state index contributed by atoms with van der Waals surface area (Å²) in [6, 6.07) is 8.30. The Morgan fingerprint density at radius 1 is 1.04 bits per heavy atom. The van der Waals surface area contributed by atoms with Crippen LogP contribution in [0.2, 0.25) is 0 Å². The van der Waals surface area contributed by atoms with Gasteiger partial charge in [0.1, 0.15) is 11.6 Å². The third-order valence-corrected chi connectivity index (χ3v) is 6.77. The SMILES string of the molecule is O=S1(=O)CCC(Nc2nccc(N3CCN(c4ccc(F)cc4)CC3)n2)C1. The standard InChI is InChI=1S/C18H22FN5O2S/c19-14-1-3-16(4-2-14)23-8-10-24(11-9-23)17-5-7-20-18(22-17)21-15-6-12-27(25,26)13-15/h1-5,7,15H,6,8-13H2,(H,20,21,22). The van der Waals surface area contributed by atoms with E-state index in [4.69, 9.17) is 0 Å². The lowest BCUT2D eigenvalue weighted by atomic mass is 10.2. The summed E-state index contributed by atoms with van der Waals surface area (Å²) in [5, 5.41) is 3.14. The Bertz CT molecular complexity index is 898. The molecule has 1 atom stereocenters. The van der Waals surface area contributed by atoms with E-state index in [0.717, 1.165) is 37.7 Å². The van der Waals surface area contributed by atoms with Crippen molar-refractivity contribution in [1.29, 1.82) is 0 Å². The number of sulfone groups is 1. The fraction of sp³-hybridized carbons (Fsp3) is 0.444. The predicted molar refractivity (Wildman–Crippen MR) is 104 cm³/mol. The van der Waals surface area contributed by atoms with Crippen LogP contribution in [0.3, 0.4) is 0 Å². The molecule has 0 bridgehead atoms. The van der Waals surface area contributed by atoms with Crippen LogP contribution in [0.1, 0.15) is 6.42 Å². The highest BCUT2D eigenvalue weighted by molar-refractivity contribution is 7.91. The van der Waals surface area contributed by atoms with Gasteiger partial charge in [-0.3, -0.25) is 0 Å². The minimum atomic E-state index is -2.94. The first-order valence-electron chi connectivity index (χ1n) is 9.04. The minimum Gasteiger partial charge on any atom is -0.368 e. The summed E-state index contributed by atoms with van der Waals surface area (Å²) in [6.45, 7) is 3.23. The molecule has 144 valence electrons. The second-order valence-corrected chi connectivity index (χ2v) is 9.16. The lowest BCUT2D eigenvalue weighted by molar-refractivity contribution is 0.602. The third-order valence-electron chi connectivity index (χ3n) is 5.00. The fourth-order valence-electron chi connectivity index (χ4n) is 3.53. The molecule has 4 rings (SSSR count). The number of hydrogen-bond acceptors (Lipinski definition) is 7. The molecular weight excluding hydrogens is 369 g/mol. The first-order chi connectivity index (χ1) is 13.0. The lowest BCUT2D eigenvalue weighted by Gasteiger charge is -2.36. The molecule has 0 spiro atoms. The van der Waals surface area contributed by atoms with Crippen molar-refractivity contribution in [3.63, 3.8) is 0 Å². The highest BCUT2D eigenvalue weighted by atomic mass is 32.2. The summed E-state index contributed by atoms with van der Waals surface area (Å²) in [7, 11) is -2.94. The van der Waals surface area contributed by atoms with E-state index in [2.05, 4.69) is 25.1 Å². The molecule has 0 aliphatic carbocycles. The van der Waals surface area contributed by atoms with Crippen LogP contribution in [-0.4, -0.2) is 62.1 Å². The number of rotatable bonds is 4. The molecule has 2 fully saturated rings. The van der Waals surface area contributed by atoms with E-state index in [9.17, 15) is 12.8 Å². The van der Waals surface area contributed by atoms with Gasteiger partial charge in [-0.05, 0) is 36.8 Å². The van der Waals surface area contributed by atoms with Crippen LogP contribution in [0, 0.1) is 5.82 Å². The van der Waals surface area contributed by atoms with Crippen molar-refractivity contribution in [2.45, 2.75) is 12.5 Å². The molecule has 0 amide bonds. The Morgan fingerprint density at radius 3 is 2.41 bits per heavy atom. The average Bonchev–Trinajstić information content (AvgIpc) is 3.01. The molecule has 1 unspecified atom stereocenters. The van der Waals surface area contributed by atoms with Crippen LogP contribution in [0.5, 0.6) is 0 Å². The second-order valence-electron chi connectivity index (χ2n) is 6.93. The summed E-state index contributed by atoms with van der Waals surface area (Å²) in [5.74, 6) is 1.42. The van der Waals surface area contributed by atoms with Crippen molar-refractivity contribution in [1.82, 2.24) is 9.97 Å². The molecule has 0 saturated carbocycles. The van der Waals surface area contributed by atoms with E-state index < -0.39 is 9.84 Å². The largest absolute Gasteiger partial charge is 0.368 e. The highest BCUT2D eigenvalue weighted by Gasteiger charge is 2.28. The van der Waals surface area contributed by atoms with Crippen LogP contribution in [0.25, 0.3) is 0 Å². The van der Waals surface area contributed by atoms with Gasteiger partial charge in [0, 0.05) is 44.1 Å². The number of halogens is 1. The van der Waals surface area contributed by atoms with Crippen molar-refractivity contribution in [2.24, 2.45) is 0 Å². The summed E-state index contributed by atoms with van der Waals surface area (Å²) in [4.78, 5) is 13.2. The Hall–Kier alpha value is -2.42. The quantitative estimate of drug-likeness (QED) is 0.847. The van der Waals surface area contributed by atoms with Gasteiger partial charge in [0.25, 0.3) is 0 Å². The molecule has 0 radical (unpaired) electrons. The van der Waals surface area contributed by atoms with E-state index in [1.165, 1.54) is 12.1 Å². The smallest absolute Gasteiger partial charge is 0.224 e. The van der Waals surface area contributed by atoms with Gasteiger partial charge in [0.15, 0.2) is 9.84 Å². The molecule has 2 aromatic rings. The van der Waals surface area contributed by atoms with Gasteiger partial charge in [-0.25, -0.2) is 17.8 Å². The minimum absolute atomic E-state index is 0.124. The topological polar surface area (TPSA) is 78.4 Å². The number of hydrogen-bond donors (Lipinski definition) is 1. The van der Waals surface area contributed by atoms with Crippen LogP contribution in [0.15, 0.2) is 36.5 Å². The van der Waals surface area contributed by atoms with Crippen LogP contribution < -0.4 is 15.1 Å². The number of nitrogens with one attached hydrogen (secondary N) is 1. The molecule has 1 aromatic heterocycles. The summed E-state index contributed by atoms with van der Waals surface area (Å²) in [6.07, 6.45) is 2.28. The van der Waals surface area contributed by atoms with Gasteiger partial charge in [-0.2, -0.15) is 4.98 Å². The zero-order valence-electron chi connectivity index (χ0n) is 14.9. The van der Waals surface area contributed by atoms with E-state index >= 15 is 0 Å². The Morgan fingerprint density at radius 2 is 1.74 bits per heavy atom. The maximum Gasteiger partial charge on any atom is 0.224 e. The summed E-state index contributed by atoms with van der Waals surface area (Å²) in [5.41, 5.74) is 1.02. The first kappa shape index (κ1) is 18.0. The number of piperazine rings is 1. The third kappa shape index (κ3) is 4.29. The Labute approximate surface area is 158 Å². The lowest BCUT2D eigenvalue weighted by Crippen LogP contribution is -2.46. The molecule has 1 N–H and O–H groups in total. The molecule has 2 aliphatic heterocycles. The van der Waals surface area contributed by atoms with Crippen molar-refractivity contribution in [3.8, 4) is 0 Å². The molecule has 7 nitrogen and oxygen atoms in total. The van der Waals surface area contributed by atoms with E-state index in [-0.39, 0.29) is 23.4 Å². The van der Waals surface area contributed by atoms with Gasteiger partial charge in [0.2, 0.25) is 5.95 Å². The van der Waals surface area contributed by atoms with Crippen molar-refractivity contribution >= 4 is 27.3 Å². The monoisotopic (exact) mass is 391 g/mol. The first-order valence-corrected chi connectivity index (χ1v) is 10.9. The normalized spacial score (nSPS) is 22.0. The Kier molecular flexibility index (Phi) is 4.86. The number of aromatic nitrogens is 2. The zero-order valence-corrected chi connectivity index (χ0v) is 15.7. The fourth-order valence-corrected chi connectivity index (χ4v) is 5.21. The highest BCUT2D eigenvalue weighted by Crippen LogP contribution is 2.21. The van der Waals surface area contributed by atoms with Gasteiger partial charge in [-0.15, -0.1) is 0 Å². The van der Waals surface area contributed by atoms with E-state index in [1.807, 2.05) is 6.07 Å². The molecule has 1 aromatic carbocycles. The molecular formula is C18H22FN5O2S. The van der Waals surface area contributed by atoms with Gasteiger partial charge < -0.3 is 15.1 Å². The van der Waals surface area contributed by atoms with Crippen molar-refractivity contribution in [2.75, 3.05) is 52.8 Å². The number of benzene rings is 1. The van der Waals surface area contributed by atoms with Gasteiger partial charge >= 0.3 is 0 Å². The maximum absolute atomic E-state index is 13.1. The van der Waals surface area contributed by atoms with Gasteiger partial charge in [0.05, 0.1) is 11.5 Å². The van der Waals surface area contributed by atoms with Crippen LogP contribution in [-0.2, 0) is 9.84 Å². The van der Waals surface area contributed by atoms with E-state index in [1.54, 1.807) is 18.3 Å². The second kappa shape index (κ2) is 7.30. The maximum atomic E-state index is 13.1. The summed E-state index contributed by atoms with van der Waals surface area (Å²) >= 11 is 0. The average molecular weight is 391 g/mol. The molecule has 27 heavy (non-hydrogen) atoms. The predicted octanol–water partition coefficient (Wildman–Crippen LogP) is 1.54. The zero-order chi connectivity index (χ0) is 18.9. The van der Waals surface area contributed by atoms with Crippen LogP contribution >= 0.6 is 0 Å². The Balaban J connectivity index is 1.38. The van der Waals surface area contributed by atoms with Gasteiger partial charge in [-0.1, -0.05) is 0 Å². The van der Waals surface area contributed by atoms with Crippen molar-refractivity contribution in [3.05, 3.63) is 42.3 Å². The molecule has 2 saturated heterocycles. The molecule has 3 heterocycles. The number of anilines is 3.